The fraction of sp³-hybridized carbons (Fsp3) is 0.857. The minimum Gasteiger partial charge on any atom is -0.330 e. The number of hydrogen-bond acceptors (Lipinski definition) is 2. The van der Waals surface area contributed by atoms with E-state index in [0.717, 1.165) is 12.3 Å². The van der Waals surface area contributed by atoms with Gasteiger partial charge in [-0.05, 0) is 24.1 Å². The van der Waals surface area contributed by atoms with Crippen LogP contribution in [0.5, 0.6) is 0 Å². The summed E-state index contributed by atoms with van der Waals surface area (Å²) in [5.41, 5.74) is 5.32. The van der Waals surface area contributed by atoms with E-state index in [2.05, 4.69) is 26.1 Å². The molecule has 0 saturated carbocycles. The summed E-state index contributed by atoms with van der Waals surface area (Å²) in [4.78, 5) is 0. The zero-order valence-corrected chi connectivity index (χ0v) is 9.00. The first kappa shape index (κ1) is 10.5. The van der Waals surface area contributed by atoms with Crippen LogP contribution in [0.4, 0.5) is 0 Å². The smallest absolute Gasteiger partial charge is 0.0548 e. The molecule has 0 rings (SSSR count). The molecule has 10 heavy (non-hydrogen) atoms. The van der Waals surface area contributed by atoms with Crippen LogP contribution in [-0.2, 0) is 0 Å². The molecule has 3 heteroatoms. The fourth-order valence-corrected chi connectivity index (χ4v) is 3.74. The average molecular weight is 176 g/mol. The van der Waals surface area contributed by atoms with Crippen LogP contribution in [0.2, 0.25) is 19.6 Å². The van der Waals surface area contributed by atoms with Gasteiger partial charge in [-0.15, -0.1) is 0 Å². The van der Waals surface area contributed by atoms with E-state index >= 15 is 0 Å². The lowest BCUT2D eigenvalue weighted by Gasteiger charge is -2.14. The molecule has 0 aromatic carbocycles. The summed E-state index contributed by atoms with van der Waals surface area (Å²) < 4.78 is 0. The molecule has 0 bridgehead atoms. The Morgan fingerprint density at radius 3 is 2.40 bits per heavy atom. The lowest BCUT2D eigenvalue weighted by Crippen LogP contribution is -2.24. The second-order valence-electron chi connectivity index (χ2n) is 3.60. The van der Waals surface area contributed by atoms with Crippen LogP contribution >= 0.6 is 11.8 Å². The van der Waals surface area contributed by atoms with Gasteiger partial charge in [0.25, 0.3) is 0 Å². The Kier molecular flexibility index (Phi) is 5.49. The van der Waals surface area contributed by atoms with E-state index < -0.39 is 8.07 Å². The molecule has 0 aliphatic rings. The molecule has 0 aliphatic carbocycles. The average Bonchev–Trinajstić information content (AvgIpc) is 1.78. The maximum atomic E-state index is 5.32. The van der Waals surface area contributed by atoms with Crippen molar-refractivity contribution in [3.63, 3.8) is 0 Å². The summed E-state index contributed by atoms with van der Waals surface area (Å²) >= 11 is 2.01. The zero-order chi connectivity index (χ0) is 8.04. The molecule has 0 unspecified atom stereocenters. The van der Waals surface area contributed by atoms with Crippen molar-refractivity contribution in [2.75, 3.05) is 17.7 Å². The Balaban J connectivity index is 3.04. The maximum absolute atomic E-state index is 5.32. The zero-order valence-electron chi connectivity index (χ0n) is 7.18. The summed E-state index contributed by atoms with van der Waals surface area (Å²) in [6.07, 6.45) is 2.13. The lowest BCUT2D eigenvalue weighted by molar-refractivity contribution is 1.14. The molecule has 1 radical (unpaired) electrons. The molecule has 0 aromatic rings. The molecular weight excluding hydrogens is 158 g/mol. The predicted molar refractivity (Wildman–Crippen MR) is 54.0 cm³/mol. The highest BCUT2D eigenvalue weighted by Crippen LogP contribution is 2.11. The molecule has 0 saturated heterocycles. The number of nitrogens with two attached hydrogens (primary N) is 1. The van der Waals surface area contributed by atoms with Crippen LogP contribution in [0.1, 0.15) is 0 Å². The second-order valence-corrected chi connectivity index (χ2v) is 10.6. The summed E-state index contributed by atoms with van der Waals surface area (Å²) in [5.74, 6) is 1.13. The topological polar surface area (TPSA) is 26.0 Å². The van der Waals surface area contributed by atoms with Crippen molar-refractivity contribution in [2.24, 2.45) is 5.73 Å². The Morgan fingerprint density at radius 1 is 1.40 bits per heavy atom. The number of hydrogen-bond donors (Lipinski definition) is 1. The number of thioether (sulfide) groups is 1. The molecular formula is C7H18NSSi. The predicted octanol–water partition coefficient (Wildman–Crippen LogP) is 1.76. The molecule has 0 heterocycles. The Labute approximate surface area is 69.8 Å². The minimum absolute atomic E-state index is 0.721. The molecule has 0 spiro atoms. The Bertz CT molecular complexity index is 80.2. The largest absolute Gasteiger partial charge is 0.330 e. The number of rotatable bonds is 5. The highest BCUT2D eigenvalue weighted by atomic mass is 32.2. The van der Waals surface area contributed by atoms with Crippen molar-refractivity contribution in [3.8, 4) is 0 Å². The van der Waals surface area contributed by atoms with E-state index in [0.29, 0.717) is 0 Å². The van der Waals surface area contributed by atoms with E-state index in [9.17, 15) is 0 Å². The van der Waals surface area contributed by atoms with Gasteiger partial charge >= 0.3 is 0 Å². The quantitative estimate of drug-likeness (QED) is 0.510. The van der Waals surface area contributed by atoms with Gasteiger partial charge in [0.1, 0.15) is 0 Å². The minimum atomic E-state index is -0.805. The van der Waals surface area contributed by atoms with Crippen molar-refractivity contribution < 1.29 is 0 Å². The summed E-state index contributed by atoms with van der Waals surface area (Å²) in [7, 11) is -0.805. The van der Waals surface area contributed by atoms with Gasteiger partial charge in [0.2, 0.25) is 0 Å². The normalized spacial score (nSPS) is 12.0. The van der Waals surface area contributed by atoms with Crippen LogP contribution in [-0.4, -0.2) is 25.7 Å². The maximum Gasteiger partial charge on any atom is 0.0548 e. The van der Waals surface area contributed by atoms with Crippen LogP contribution in [0.25, 0.3) is 0 Å². The van der Waals surface area contributed by atoms with Gasteiger partial charge < -0.3 is 5.73 Å². The summed E-state index contributed by atoms with van der Waals surface area (Å²) in [5, 5.41) is 1.35. The molecule has 0 aliphatic heterocycles. The van der Waals surface area contributed by atoms with Crippen molar-refractivity contribution in [2.45, 2.75) is 19.6 Å². The van der Waals surface area contributed by atoms with Gasteiger partial charge in [-0.25, -0.2) is 0 Å². The molecule has 61 valence electrons. The first-order chi connectivity index (χ1) is 4.56. The SMILES string of the molecule is C[Si](C)(C)CSC[CH]CN. The highest BCUT2D eigenvalue weighted by molar-refractivity contribution is 8.01. The van der Waals surface area contributed by atoms with Gasteiger partial charge in [0.15, 0.2) is 0 Å². The third-order valence-electron chi connectivity index (χ3n) is 0.937. The van der Waals surface area contributed by atoms with Gasteiger partial charge in [-0.3, -0.25) is 0 Å². The van der Waals surface area contributed by atoms with Crippen LogP contribution in [0.15, 0.2) is 0 Å². The standard InChI is InChI=1S/C7H18NSSi/c1-10(2,3)7-9-6-4-5-8/h4H,5-8H2,1-3H3. The fourth-order valence-electron chi connectivity index (χ4n) is 0.516. The van der Waals surface area contributed by atoms with Crippen molar-refractivity contribution in [1.29, 1.82) is 0 Å². The van der Waals surface area contributed by atoms with E-state index in [-0.39, 0.29) is 0 Å². The third-order valence-corrected chi connectivity index (χ3v) is 5.69. The van der Waals surface area contributed by atoms with Crippen LogP contribution < -0.4 is 5.73 Å². The molecule has 2 N–H and O–H groups in total. The van der Waals surface area contributed by atoms with Crippen molar-refractivity contribution in [3.05, 3.63) is 6.42 Å². The van der Waals surface area contributed by atoms with E-state index in [1.165, 1.54) is 5.38 Å². The summed E-state index contributed by atoms with van der Waals surface area (Å²) in [6.45, 7) is 7.89. The summed E-state index contributed by atoms with van der Waals surface area (Å²) in [6, 6.07) is 0. The van der Waals surface area contributed by atoms with Gasteiger partial charge in [0.05, 0.1) is 8.07 Å². The molecule has 0 fully saturated rings. The molecule has 1 nitrogen and oxygen atoms in total. The second kappa shape index (κ2) is 5.21. The van der Waals surface area contributed by atoms with Gasteiger partial charge in [0, 0.05) is 0 Å². The Hall–Kier alpha value is 0.527. The monoisotopic (exact) mass is 176 g/mol. The first-order valence-corrected chi connectivity index (χ1v) is 8.52. The first-order valence-electron chi connectivity index (χ1n) is 3.66. The van der Waals surface area contributed by atoms with Crippen molar-refractivity contribution >= 4 is 19.8 Å². The van der Waals surface area contributed by atoms with E-state index in [4.69, 9.17) is 5.73 Å². The van der Waals surface area contributed by atoms with E-state index in [1.807, 2.05) is 11.8 Å². The highest BCUT2D eigenvalue weighted by Gasteiger charge is 2.11. The van der Waals surface area contributed by atoms with Gasteiger partial charge in [-0.2, -0.15) is 11.8 Å². The van der Waals surface area contributed by atoms with Crippen molar-refractivity contribution in [1.82, 2.24) is 0 Å². The Morgan fingerprint density at radius 2 is 2.00 bits per heavy atom. The van der Waals surface area contributed by atoms with E-state index in [1.54, 1.807) is 0 Å². The van der Waals surface area contributed by atoms with Crippen LogP contribution in [0.3, 0.4) is 0 Å². The van der Waals surface area contributed by atoms with Crippen LogP contribution in [0, 0.1) is 6.42 Å². The molecule has 0 amide bonds. The lowest BCUT2D eigenvalue weighted by atomic mass is 10.5. The van der Waals surface area contributed by atoms with Gasteiger partial charge in [-0.1, -0.05) is 19.6 Å². The third kappa shape index (κ3) is 8.53. The molecule has 0 atom stereocenters. The molecule has 0 aromatic heterocycles.